The second kappa shape index (κ2) is 16.3. The summed E-state index contributed by atoms with van der Waals surface area (Å²) in [4.78, 5) is 5.22. The van der Waals surface area contributed by atoms with Gasteiger partial charge in [0.15, 0.2) is 0 Å². The van der Waals surface area contributed by atoms with Crippen LogP contribution in [0.4, 0.5) is 11.4 Å². The Balaban J connectivity index is 0.00000260. The fraction of sp³-hybridized carbons (Fsp3) is 0.326. The minimum Gasteiger partial charge on any atom is -0.147 e. The third kappa shape index (κ3) is 7.26. The minimum absolute atomic E-state index is 0. The normalized spacial score (nSPS) is 14.4. The van der Waals surface area contributed by atoms with E-state index in [2.05, 4.69) is 180 Å². The molecule has 0 aliphatic heterocycles. The van der Waals surface area contributed by atoms with E-state index in [0.29, 0.717) is 27.8 Å². The molecule has 0 amide bonds. The quantitative estimate of drug-likeness (QED) is 0.159. The molecule has 252 valence electrons. The Kier molecular flexibility index (Phi) is 13.0. The van der Waals surface area contributed by atoms with Crippen molar-refractivity contribution < 1.29 is 21.3 Å². The fourth-order valence-electron chi connectivity index (χ4n) is 8.13. The van der Waals surface area contributed by atoms with E-state index in [0.717, 1.165) is 6.42 Å². The molecule has 0 spiro atoms. The van der Waals surface area contributed by atoms with Crippen LogP contribution in [-0.2, 0) is 21.3 Å². The second-order valence-corrected chi connectivity index (χ2v) is 20.2. The maximum absolute atomic E-state index is 2.77. The van der Waals surface area contributed by atoms with Gasteiger partial charge in [0.1, 0.15) is 0 Å². The number of rotatable bonds is 10. The van der Waals surface area contributed by atoms with Crippen molar-refractivity contribution in [2.45, 2.75) is 89.6 Å². The van der Waals surface area contributed by atoms with Crippen LogP contribution in [0.25, 0.3) is 11.1 Å². The molecule has 0 heterocycles. The van der Waals surface area contributed by atoms with Gasteiger partial charge in [-0.05, 0) is 0 Å². The van der Waals surface area contributed by atoms with E-state index in [1.807, 2.05) is 0 Å². The van der Waals surface area contributed by atoms with Gasteiger partial charge in [0.25, 0.3) is 0 Å². The van der Waals surface area contributed by atoms with Crippen LogP contribution in [-0.4, -0.2) is 27.4 Å². The fourth-order valence-corrected chi connectivity index (χ4v) is 17.1. The molecule has 0 saturated carbocycles. The van der Waals surface area contributed by atoms with Crippen molar-refractivity contribution in [3.05, 3.63) is 141 Å². The zero-order valence-corrected chi connectivity index (χ0v) is 33.9. The van der Waals surface area contributed by atoms with Crippen molar-refractivity contribution in [1.82, 2.24) is 0 Å². The number of benzene rings is 4. The predicted molar refractivity (Wildman–Crippen MR) is 212 cm³/mol. The van der Waals surface area contributed by atoms with Crippen LogP contribution in [0.1, 0.15) is 87.7 Å². The van der Waals surface area contributed by atoms with Crippen LogP contribution in [0.3, 0.4) is 0 Å². The van der Waals surface area contributed by atoms with E-state index in [9.17, 15) is 0 Å². The summed E-state index contributed by atoms with van der Waals surface area (Å²) in [5.74, 6) is 0. The molecule has 0 aromatic heterocycles. The van der Waals surface area contributed by atoms with E-state index < -0.39 is 21.3 Å². The molecular weight excluding hydrogens is 707 g/mol. The van der Waals surface area contributed by atoms with Crippen molar-refractivity contribution in [3.8, 4) is 11.1 Å². The molecule has 5 heteroatoms. The molecule has 2 nitrogen and oxygen atoms in total. The average Bonchev–Trinajstić information content (AvgIpc) is 3.67. The Hall–Kier alpha value is -2.71. The summed E-state index contributed by atoms with van der Waals surface area (Å²) in [6, 6.07) is 38.9. The maximum Gasteiger partial charge on any atom is -0.147 e. The molecule has 0 radical (unpaired) electrons. The summed E-state index contributed by atoms with van der Waals surface area (Å²) in [5.41, 5.74) is 11.4. The van der Waals surface area contributed by atoms with Crippen molar-refractivity contribution in [1.29, 1.82) is 0 Å². The van der Waals surface area contributed by atoms with Crippen molar-refractivity contribution >= 4 is 39.4 Å². The van der Waals surface area contributed by atoms with E-state index in [-0.39, 0.29) is 24.8 Å². The Labute approximate surface area is 309 Å². The first-order valence-electron chi connectivity index (χ1n) is 17.2. The Morgan fingerprint density at radius 2 is 1.19 bits per heavy atom. The first-order valence-corrected chi connectivity index (χ1v) is 21.1. The summed E-state index contributed by atoms with van der Waals surface area (Å²) < 4.78 is 3.65. The van der Waals surface area contributed by atoms with Gasteiger partial charge in [-0.25, -0.2) is 0 Å². The van der Waals surface area contributed by atoms with Crippen LogP contribution in [0, 0.1) is 0 Å². The standard InChI is InChI=1S/C25H35N2.C13H10.C5H5.2ClH.Zr/c1-16(2)26(17(3)4)22-12-13-23-21(15-22)14-20-10-9-11-24(25(20)23)27(18(5)6)19(7)8;1-3-7-12(8-4-1)11-13-9-5-2-6-10-13;1-2-4-5-3-1;;;/h9-19H,1-8H3;1-10H;1-3H,4H2;2*1H;. The first kappa shape index (κ1) is 38.1. The third-order valence-corrected chi connectivity index (χ3v) is 17.9. The van der Waals surface area contributed by atoms with Gasteiger partial charge in [0.2, 0.25) is 0 Å². The number of fused-ring (bicyclic) bond motifs is 3. The van der Waals surface area contributed by atoms with Crippen molar-refractivity contribution in [2.75, 3.05) is 9.80 Å². The molecule has 0 bridgehead atoms. The molecule has 1 unspecified atom stereocenters. The summed E-state index contributed by atoms with van der Waals surface area (Å²) in [6.07, 6.45) is 8.24. The summed E-state index contributed by atoms with van der Waals surface area (Å²) in [6.45, 7) is 18.7. The summed E-state index contributed by atoms with van der Waals surface area (Å²) in [5, 5.41) is 0. The van der Waals surface area contributed by atoms with E-state index in [1.54, 1.807) is 6.49 Å². The van der Waals surface area contributed by atoms with E-state index >= 15 is 0 Å². The van der Waals surface area contributed by atoms with Gasteiger partial charge in [-0.1, -0.05) is 0 Å². The summed E-state index contributed by atoms with van der Waals surface area (Å²) in [7, 11) is 0. The number of nitrogens with zero attached hydrogens (tertiary/aromatic N) is 2. The number of hydrogen-bond acceptors (Lipinski definition) is 2. The first-order chi connectivity index (χ1) is 22.2. The number of hydrogen-bond donors (Lipinski definition) is 0. The van der Waals surface area contributed by atoms with Gasteiger partial charge in [-0.3, -0.25) is 0 Å². The van der Waals surface area contributed by atoms with Gasteiger partial charge in [-0.15, -0.1) is 24.8 Å². The largest absolute Gasteiger partial charge is 0.147 e. The molecule has 48 heavy (non-hydrogen) atoms. The number of halogens is 2. The van der Waals surface area contributed by atoms with Crippen LogP contribution < -0.4 is 9.80 Å². The molecule has 6 rings (SSSR count). The van der Waals surface area contributed by atoms with Gasteiger partial charge in [-0.2, -0.15) is 0 Å². The van der Waals surface area contributed by atoms with E-state index in [4.69, 9.17) is 0 Å². The van der Waals surface area contributed by atoms with Crippen LogP contribution in [0.15, 0.2) is 119 Å². The smallest absolute Gasteiger partial charge is 0.147 e. The SMILES string of the molecule is CC(C)N(c1ccc2c(c1)[CH]([Zr]([C]1=CC=CC1)=[C](c1ccccc1)c1ccccc1)c1cccc(N(C(C)C)C(C)C)c1-2)C(C)C.Cl.Cl. The van der Waals surface area contributed by atoms with Crippen molar-refractivity contribution in [3.63, 3.8) is 0 Å². The van der Waals surface area contributed by atoms with Gasteiger partial charge in [0, 0.05) is 0 Å². The van der Waals surface area contributed by atoms with Crippen LogP contribution >= 0.6 is 24.8 Å². The Morgan fingerprint density at radius 3 is 1.69 bits per heavy atom. The topological polar surface area (TPSA) is 6.48 Å². The molecular formula is C43H52Cl2N2Zr. The molecule has 0 fully saturated rings. The molecule has 2 aliphatic carbocycles. The average molecular weight is 759 g/mol. The van der Waals surface area contributed by atoms with E-state index in [1.165, 1.54) is 44.8 Å². The number of allylic oxidation sites excluding steroid dienone is 4. The van der Waals surface area contributed by atoms with Gasteiger partial charge < -0.3 is 0 Å². The maximum atomic E-state index is 2.63. The molecule has 2 aliphatic rings. The molecule has 1 atom stereocenters. The van der Waals surface area contributed by atoms with Gasteiger partial charge in [0.05, 0.1) is 0 Å². The molecule has 4 aromatic carbocycles. The zero-order chi connectivity index (χ0) is 32.5. The molecule has 0 saturated heterocycles. The van der Waals surface area contributed by atoms with Crippen LogP contribution in [0.2, 0.25) is 0 Å². The summed E-state index contributed by atoms with van der Waals surface area (Å²) >= 11 is -2.77. The second-order valence-electron chi connectivity index (χ2n) is 14.0. The third-order valence-electron chi connectivity index (χ3n) is 9.60. The predicted octanol–water partition coefficient (Wildman–Crippen LogP) is 11.6. The molecule has 4 aromatic rings. The van der Waals surface area contributed by atoms with Crippen LogP contribution in [0.5, 0.6) is 0 Å². The monoisotopic (exact) mass is 756 g/mol. The van der Waals surface area contributed by atoms with Crippen molar-refractivity contribution in [2.24, 2.45) is 0 Å². The van der Waals surface area contributed by atoms with Gasteiger partial charge >= 0.3 is 287 Å². The Morgan fingerprint density at radius 1 is 0.625 bits per heavy atom. The number of anilines is 2. The zero-order valence-electron chi connectivity index (χ0n) is 29.8. The molecule has 0 N–H and O–H groups in total. The minimum atomic E-state index is -2.77. The Bertz CT molecular complexity index is 1730.